The summed E-state index contributed by atoms with van der Waals surface area (Å²) >= 11 is 0. The molecule has 92 valence electrons. The Morgan fingerprint density at radius 2 is 2.18 bits per heavy atom. The number of ether oxygens (including phenoxy) is 1. The number of rotatable bonds is 4. The summed E-state index contributed by atoms with van der Waals surface area (Å²) in [6, 6.07) is 1.91. The topological polar surface area (TPSA) is 95.5 Å². The number of nitrogens with two attached hydrogens (primary N) is 1. The largest absolute Gasteiger partial charge is 0.478 e. The Hall–Kier alpha value is -2.18. The van der Waals surface area contributed by atoms with Crippen LogP contribution in [0, 0.1) is 22.9 Å². The van der Waals surface area contributed by atoms with E-state index in [1.54, 1.807) is 0 Å². The molecule has 1 atom stereocenters. The fourth-order valence-corrected chi connectivity index (χ4v) is 1.18. The second-order valence-electron chi connectivity index (χ2n) is 3.49. The molecule has 2 N–H and O–H groups in total. The van der Waals surface area contributed by atoms with Crippen molar-refractivity contribution < 1.29 is 18.8 Å². The van der Waals surface area contributed by atoms with E-state index in [1.165, 1.54) is 13.8 Å². The minimum atomic E-state index is -1.01. The molecule has 0 heterocycles. The van der Waals surface area contributed by atoms with Gasteiger partial charge in [-0.3, -0.25) is 14.9 Å². The van der Waals surface area contributed by atoms with Crippen LogP contribution in [0.25, 0.3) is 0 Å². The predicted molar refractivity (Wildman–Crippen MR) is 57.1 cm³/mol. The summed E-state index contributed by atoms with van der Waals surface area (Å²) in [5, 5.41) is 10.5. The highest BCUT2D eigenvalue weighted by Crippen LogP contribution is 2.27. The van der Waals surface area contributed by atoms with Crippen molar-refractivity contribution in [1.82, 2.24) is 0 Å². The summed E-state index contributed by atoms with van der Waals surface area (Å²) < 4.78 is 18.4. The minimum Gasteiger partial charge on any atom is -0.478 e. The monoisotopic (exact) mass is 242 g/mol. The standard InChI is InChI=1S/C10H11FN2O4/c1-5-3-9(17-6(2)10(12)14)7(11)4-8(5)13(15)16/h3-4,6H,1-2H3,(H2,12,14). The number of hydrogen-bond acceptors (Lipinski definition) is 4. The number of hydrogen-bond donors (Lipinski definition) is 1. The van der Waals surface area contributed by atoms with Gasteiger partial charge in [0, 0.05) is 5.56 Å². The molecule has 6 nitrogen and oxygen atoms in total. The van der Waals surface area contributed by atoms with Gasteiger partial charge in [-0.2, -0.15) is 0 Å². The van der Waals surface area contributed by atoms with Gasteiger partial charge in [0.15, 0.2) is 17.7 Å². The van der Waals surface area contributed by atoms with Crippen LogP contribution in [0.3, 0.4) is 0 Å². The maximum atomic E-state index is 13.4. The Bertz CT molecular complexity index is 476. The predicted octanol–water partition coefficient (Wildman–Crippen LogP) is 1.29. The Morgan fingerprint density at radius 3 is 2.65 bits per heavy atom. The van der Waals surface area contributed by atoms with Crippen LogP contribution in [0.5, 0.6) is 5.75 Å². The Labute approximate surface area is 96.3 Å². The second-order valence-corrected chi connectivity index (χ2v) is 3.49. The number of halogens is 1. The van der Waals surface area contributed by atoms with E-state index < -0.39 is 22.8 Å². The van der Waals surface area contributed by atoms with Crippen LogP contribution < -0.4 is 10.5 Å². The lowest BCUT2D eigenvalue weighted by Gasteiger charge is -2.12. The van der Waals surface area contributed by atoms with Gasteiger partial charge in [-0.25, -0.2) is 4.39 Å². The molecule has 17 heavy (non-hydrogen) atoms. The van der Waals surface area contributed by atoms with E-state index in [4.69, 9.17) is 10.5 Å². The zero-order chi connectivity index (χ0) is 13.2. The SMILES string of the molecule is Cc1cc(OC(C)C(N)=O)c(F)cc1[N+](=O)[O-]. The maximum absolute atomic E-state index is 13.4. The molecule has 1 rings (SSSR count). The molecule has 1 aromatic rings. The first-order valence-corrected chi connectivity index (χ1v) is 4.73. The molecule has 0 aliphatic heterocycles. The quantitative estimate of drug-likeness (QED) is 0.635. The van der Waals surface area contributed by atoms with Crippen LogP contribution in [0.4, 0.5) is 10.1 Å². The number of primary amides is 1. The average Bonchev–Trinajstić information content (AvgIpc) is 2.22. The summed E-state index contributed by atoms with van der Waals surface area (Å²) in [5.41, 5.74) is 4.85. The lowest BCUT2D eigenvalue weighted by atomic mass is 10.2. The molecule has 0 spiro atoms. The molecule has 1 aromatic carbocycles. The molecule has 0 bridgehead atoms. The first kappa shape index (κ1) is 12.9. The van der Waals surface area contributed by atoms with Gasteiger partial charge in [-0.05, 0) is 19.9 Å². The molecule has 0 aliphatic carbocycles. The van der Waals surface area contributed by atoms with Crippen LogP contribution in [0.1, 0.15) is 12.5 Å². The van der Waals surface area contributed by atoms with Crippen molar-refractivity contribution >= 4 is 11.6 Å². The number of carbonyl (C=O) groups is 1. The van der Waals surface area contributed by atoms with Gasteiger partial charge < -0.3 is 10.5 Å². The molecular formula is C10H11FN2O4. The van der Waals surface area contributed by atoms with E-state index in [-0.39, 0.29) is 17.0 Å². The molecule has 0 saturated carbocycles. The third-order valence-corrected chi connectivity index (χ3v) is 2.15. The number of carbonyl (C=O) groups excluding carboxylic acids is 1. The van der Waals surface area contributed by atoms with Gasteiger partial charge in [0.2, 0.25) is 0 Å². The summed E-state index contributed by atoms with van der Waals surface area (Å²) in [7, 11) is 0. The van der Waals surface area contributed by atoms with Crippen molar-refractivity contribution in [3.05, 3.63) is 33.6 Å². The van der Waals surface area contributed by atoms with E-state index in [9.17, 15) is 19.3 Å². The highest BCUT2D eigenvalue weighted by molar-refractivity contribution is 5.78. The summed E-state index contributed by atoms with van der Waals surface area (Å²) in [6.45, 7) is 2.80. The molecule has 0 saturated heterocycles. The number of amides is 1. The third-order valence-electron chi connectivity index (χ3n) is 2.15. The molecule has 7 heteroatoms. The van der Waals surface area contributed by atoms with E-state index >= 15 is 0 Å². The van der Waals surface area contributed by atoms with Crippen molar-refractivity contribution in [2.45, 2.75) is 20.0 Å². The first-order valence-electron chi connectivity index (χ1n) is 4.73. The summed E-state index contributed by atoms with van der Waals surface area (Å²) in [6.07, 6.45) is -1.01. The fourth-order valence-electron chi connectivity index (χ4n) is 1.18. The van der Waals surface area contributed by atoms with E-state index in [0.29, 0.717) is 0 Å². The zero-order valence-corrected chi connectivity index (χ0v) is 9.27. The van der Waals surface area contributed by atoms with Gasteiger partial charge in [-0.15, -0.1) is 0 Å². The number of nitro groups is 1. The Balaban J connectivity index is 3.08. The highest BCUT2D eigenvalue weighted by atomic mass is 19.1. The van der Waals surface area contributed by atoms with Crippen molar-refractivity contribution in [3.63, 3.8) is 0 Å². The van der Waals surface area contributed by atoms with Crippen LogP contribution in [-0.4, -0.2) is 16.9 Å². The molecule has 0 radical (unpaired) electrons. The average molecular weight is 242 g/mol. The van der Waals surface area contributed by atoms with Gasteiger partial charge >= 0.3 is 0 Å². The Kier molecular flexibility index (Phi) is 3.62. The molecular weight excluding hydrogens is 231 g/mol. The van der Waals surface area contributed by atoms with Crippen LogP contribution in [0.2, 0.25) is 0 Å². The van der Waals surface area contributed by atoms with E-state index in [1.807, 2.05) is 0 Å². The van der Waals surface area contributed by atoms with Crippen molar-refractivity contribution in [3.8, 4) is 5.75 Å². The number of benzene rings is 1. The summed E-state index contributed by atoms with van der Waals surface area (Å²) in [5.74, 6) is -1.89. The maximum Gasteiger partial charge on any atom is 0.275 e. The normalized spacial score (nSPS) is 11.9. The zero-order valence-electron chi connectivity index (χ0n) is 9.27. The smallest absolute Gasteiger partial charge is 0.275 e. The second kappa shape index (κ2) is 4.77. The third kappa shape index (κ3) is 2.90. The number of nitro benzene ring substituents is 1. The lowest BCUT2D eigenvalue weighted by Crippen LogP contribution is -2.30. The molecule has 1 unspecified atom stereocenters. The minimum absolute atomic E-state index is 0.237. The number of nitrogens with zero attached hydrogens (tertiary/aromatic N) is 1. The number of aryl methyl sites for hydroxylation is 1. The molecule has 0 aliphatic rings. The first-order chi connectivity index (χ1) is 7.82. The van der Waals surface area contributed by atoms with Gasteiger partial charge in [0.25, 0.3) is 11.6 Å². The van der Waals surface area contributed by atoms with Crippen LogP contribution in [-0.2, 0) is 4.79 Å². The van der Waals surface area contributed by atoms with E-state index in [0.717, 1.165) is 12.1 Å². The molecule has 1 amide bonds. The molecule has 0 aromatic heterocycles. The van der Waals surface area contributed by atoms with E-state index in [2.05, 4.69) is 0 Å². The van der Waals surface area contributed by atoms with Gasteiger partial charge in [0.05, 0.1) is 11.0 Å². The van der Waals surface area contributed by atoms with Gasteiger partial charge in [-0.1, -0.05) is 0 Å². The van der Waals surface area contributed by atoms with Crippen LogP contribution in [0.15, 0.2) is 12.1 Å². The fraction of sp³-hybridized carbons (Fsp3) is 0.300. The summed E-state index contributed by atoms with van der Waals surface area (Å²) in [4.78, 5) is 20.6. The Morgan fingerprint density at radius 1 is 1.59 bits per heavy atom. The van der Waals surface area contributed by atoms with Crippen LogP contribution >= 0.6 is 0 Å². The van der Waals surface area contributed by atoms with Gasteiger partial charge in [0.1, 0.15) is 0 Å². The van der Waals surface area contributed by atoms with Crippen molar-refractivity contribution in [1.29, 1.82) is 0 Å². The molecule has 0 fully saturated rings. The lowest BCUT2D eigenvalue weighted by molar-refractivity contribution is -0.385. The van der Waals surface area contributed by atoms with Crippen molar-refractivity contribution in [2.24, 2.45) is 5.73 Å². The highest BCUT2D eigenvalue weighted by Gasteiger charge is 2.19. The van der Waals surface area contributed by atoms with Crippen molar-refractivity contribution in [2.75, 3.05) is 0 Å².